The number of carboxylic acid groups (broad SMARTS) is 1. The quantitative estimate of drug-likeness (QED) is 0.797. The standard InChI is InChI=1S/C13H15N5O4S/c19-13(20)9-5-14-10(15-6-9)7-16-23(21,22)12-8-18-4-2-1-3-11(18)17-12/h5-6,8,16H,1-4,7H2,(H,19,20). The molecule has 0 radical (unpaired) electrons. The molecule has 0 fully saturated rings. The van der Waals surface area contributed by atoms with Crippen LogP contribution in [0.4, 0.5) is 0 Å². The first-order valence-electron chi connectivity index (χ1n) is 7.05. The molecule has 0 saturated heterocycles. The number of carbonyl (C=O) groups is 1. The van der Waals surface area contributed by atoms with E-state index in [0.717, 1.165) is 44.0 Å². The Bertz CT molecular complexity index is 805. The van der Waals surface area contributed by atoms with Crippen LogP contribution in [0.5, 0.6) is 0 Å². The van der Waals surface area contributed by atoms with Crippen molar-refractivity contribution in [3.05, 3.63) is 35.8 Å². The fraction of sp³-hybridized carbons (Fsp3) is 0.385. The minimum absolute atomic E-state index is 0.0171. The Balaban J connectivity index is 1.71. The zero-order valence-electron chi connectivity index (χ0n) is 12.1. The van der Waals surface area contributed by atoms with Gasteiger partial charge in [-0.1, -0.05) is 0 Å². The number of hydrogen-bond donors (Lipinski definition) is 2. The molecule has 1 aliphatic rings. The molecule has 2 N–H and O–H groups in total. The van der Waals surface area contributed by atoms with Gasteiger partial charge in [0.15, 0.2) is 5.03 Å². The van der Waals surface area contributed by atoms with Crippen molar-refractivity contribution in [1.82, 2.24) is 24.2 Å². The van der Waals surface area contributed by atoms with Gasteiger partial charge >= 0.3 is 5.97 Å². The second kappa shape index (κ2) is 6.05. The molecule has 0 unspecified atom stereocenters. The highest BCUT2D eigenvalue weighted by atomic mass is 32.2. The minimum Gasteiger partial charge on any atom is -0.478 e. The largest absolute Gasteiger partial charge is 0.478 e. The van der Waals surface area contributed by atoms with E-state index in [1.807, 2.05) is 4.57 Å². The summed E-state index contributed by atoms with van der Waals surface area (Å²) in [6.07, 6.45) is 6.59. The molecule has 0 atom stereocenters. The fourth-order valence-electron chi connectivity index (χ4n) is 2.31. The number of aromatic carboxylic acids is 1. The third-order valence-corrected chi connectivity index (χ3v) is 4.81. The molecule has 3 heterocycles. The number of aromatic nitrogens is 4. The van der Waals surface area contributed by atoms with Crippen molar-refractivity contribution in [2.24, 2.45) is 0 Å². The molecule has 23 heavy (non-hydrogen) atoms. The normalized spacial score (nSPS) is 14.4. The summed E-state index contributed by atoms with van der Waals surface area (Å²) in [6, 6.07) is 0. The van der Waals surface area contributed by atoms with Gasteiger partial charge in [0.05, 0.1) is 12.1 Å². The molecule has 0 spiro atoms. The highest BCUT2D eigenvalue weighted by Gasteiger charge is 2.22. The van der Waals surface area contributed by atoms with E-state index >= 15 is 0 Å². The number of imidazole rings is 1. The highest BCUT2D eigenvalue weighted by Crippen LogP contribution is 2.17. The molecule has 0 aliphatic carbocycles. The number of hydrogen-bond acceptors (Lipinski definition) is 6. The molecule has 0 bridgehead atoms. The smallest absolute Gasteiger partial charge is 0.338 e. The van der Waals surface area contributed by atoms with Crippen LogP contribution in [0.15, 0.2) is 23.6 Å². The summed E-state index contributed by atoms with van der Waals surface area (Å²) in [5.41, 5.74) is -0.0571. The van der Waals surface area contributed by atoms with Crippen LogP contribution in [0.25, 0.3) is 0 Å². The number of fused-ring (bicyclic) bond motifs is 1. The van der Waals surface area contributed by atoms with E-state index in [-0.39, 0.29) is 23.0 Å². The van der Waals surface area contributed by atoms with Gasteiger partial charge in [0.1, 0.15) is 11.6 Å². The second-order valence-corrected chi connectivity index (χ2v) is 6.88. The van der Waals surface area contributed by atoms with Crippen LogP contribution >= 0.6 is 0 Å². The Kier molecular flexibility index (Phi) is 4.09. The van der Waals surface area contributed by atoms with Crippen molar-refractivity contribution in [3.63, 3.8) is 0 Å². The van der Waals surface area contributed by atoms with Gasteiger partial charge in [-0.2, -0.15) is 0 Å². The van der Waals surface area contributed by atoms with Gasteiger partial charge in [-0.3, -0.25) is 0 Å². The topological polar surface area (TPSA) is 127 Å². The molecule has 0 aromatic carbocycles. The van der Waals surface area contributed by atoms with Gasteiger partial charge in [0.25, 0.3) is 10.0 Å². The summed E-state index contributed by atoms with van der Waals surface area (Å²) in [5.74, 6) is -0.179. The van der Waals surface area contributed by atoms with E-state index in [1.165, 1.54) is 6.20 Å². The van der Waals surface area contributed by atoms with Gasteiger partial charge in [-0.05, 0) is 12.8 Å². The van der Waals surface area contributed by atoms with Gasteiger partial charge in [0, 0.05) is 31.6 Å². The Hall–Kier alpha value is -2.33. The van der Waals surface area contributed by atoms with Gasteiger partial charge in [0.2, 0.25) is 0 Å². The van der Waals surface area contributed by atoms with Crippen LogP contribution in [-0.4, -0.2) is 39.0 Å². The van der Waals surface area contributed by atoms with Gasteiger partial charge in [-0.15, -0.1) is 0 Å². The van der Waals surface area contributed by atoms with Crippen LogP contribution in [-0.2, 0) is 29.5 Å². The van der Waals surface area contributed by atoms with Crippen molar-refractivity contribution in [3.8, 4) is 0 Å². The number of rotatable bonds is 5. The van der Waals surface area contributed by atoms with E-state index in [4.69, 9.17) is 5.11 Å². The predicted molar refractivity (Wildman–Crippen MR) is 78.2 cm³/mol. The summed E-state index contributed by atoms with van der Waals surface area (Å²) < 4.78 is 28.8. The Morgan fingerprint density at radius 2 is 2.04 bits per heavy atom. The summed E-state index contributed by atoms with van der Waals surface area (Å²) in [5, 5.41) is 8.74. The number of sulfonamides is 1. The lowest BCUT2D eigenvalue weighted by atomic mass is 10.2. The Labute approximate surface area is 132 Å². The summed E-state index contributed by atoms with van der Waals surface area (Å²) in [4.78, 5) is 22.5. The average molecular weight is 337 g/mol. The van der Waals surface area contributed by atoms with E-state index in [0.29, 0.717) is 0 Å². The first-order chi connectivity index (χ1) is 11.0. The summed E-state index contributed by atoms with van der Waals surface area (Å²) >= 11 is 0. The number of nitrogens with zero attached hydrogens (tertiary/aromatic N) is 4. The Morgan fingerprint density at radius 3 is 2.70 bits per heavy atom. The monoisotopic (exact) mass is 337 g/mol. The molecule has 0 saturated carbocycles. The maximum Gasteiger partial charge on any atom is 0.338 e. The molecule has 9 nitrogen and oxygen atoms in total. The van der Waals surface area contributed by atoms with Crippen molar-refractivity contribution < 1.29 is 18.3 Å². The van der Waals surface area contributed by atoms with Crippen LogP contribution in [0, 0.1) is 0 Å². The average Bonchev–Trinajstić information content (AvgIpc) is 2.98. The first kappa shape index (κ1) is 15.6. The molecule has 0 amide bonds. The lowest BCUT2D eigenvalue weighted by molar-refractivity contribution is 0.0696. The maximum atomic E-state index is 12.3. The highest BCUT2D eigenvalue weighted by molar-refractivity contribution is 7.89. The van der Waals surface area contributed by atoms with E-state index < -0.39 is 16.0 Å². The maximum absolute atomic E-state index is 12.3. The third-order valence-electron chi connectivity index (χ3n) is 3.53. The van der Waals surface area contributed by atoms with Crippen LogP contribution in [0.2, 0.25) is 0 Å². The zero-order chi connectivity index (χ0) is 16.4. The Morgan fingerprint density at radius 1 is 1.30 bits per heavy atom. The number of nitrogens with one attached hydrogen (secondary N) is 1. The van der Waals surface area contributed by atoms with E-state index in [1.54, 1.807) is 0 Å². The SMILES string of the molecule is O=C(O)c1cnc(CNS(=O)(=O)c2cn3c(n2)CCCC3)nc1. The van der Waals surface area contributed by atoms with Crippen molar-refractivity contribution in [1.29, 1.82) is 0 Å². The van der Waals surface area contributed by atoms with Crippen molar-refractivity contribution in [2.75, 3.05) is 0 Å². The predicted octanol–water partition coefficient (Wildman–Crippen LogP) is 0.186. The van der Waals surface area contributed by atoms with E-state index in [2.05, 4.69) is 19.7 Å². The molecule has 10 heteroatoms. The molecular weight excluding hydrogens is 322 g/mol. The van der Waals surface area contributed by atoms with Crippen LogP contribution < -0.4 is 4.72 Å². The molecular formula is C13H15N5O4S. The van der Waals surface area contributed by atoms with Gasteiger partial charge in [-0.25, -0.2) is 32.9 Å². The lowest BCUT2D eigenvalue weighted by Crippen LogP contribution is -2.24. The summed E-state index contributed by atoms with van der Waals surface area (Å²) in [6.45, 7) is 0.641. The minimum atomic E-state index is -3.76. The molecule has 2 aromatic heterocycles. The molecule has 122 valence electrons. The van der Waals surface area contributed by atoms with Crippen LogP contribution in [0.3, 0.4) is 0 Å². The molecule has 2 aromatic rings. The summed E-state index contributed by atoms with van der Waals surface area (Å²) in [7, 11) is -3.76. The van der Waals surface area contributed by atoms with Gasteiger partial charge < -0.3 is 9.67 Å². The second-order valence-electron chi connectivity index (χ2n) is 5.16. The van der Waals surface area contributed by atoms with Crippen molar-refractivity contribution in [2.45, 2.75) is 37.4 Å². The number of carboxylic acids is 1. The van der Waals surface area contributed by atoms with Crippen molar-refractivity contribution >= 4 is 16.0 Å². The van der Waals surface area contributed by atoms with Crippen LogP contribution in [0.1, 0.15) is 34.8 Å². The zero-order valence-corrected chi connectivity index (χ0v) is 13.0. The lowest BCUT2D eigenvalue weighted by Gasteiger charge is -2.11. The fourth-order valence-corrected chi connectivity index (χ4v) is 3.26. The third kappa shape index (κ3) is 3.37. The molecule has 1 aliphatic heterocycles. The van der Waals surface area contributed by atoms with E-state index in [9.17, 15) is 13.2 Å². The number of aryl methyl sites for hydroxylation is 2. The first-order valence-corrected chi connectivity index (χ1v) is 8.54. The molecule has 3 rings (SSSR count).